The zero-order valence-corrected chi connectivity index (χ0v) is 18.7. The van der Waals surface area contributed by atoms with Crippen LogP contribution in [0.3, 0.4) is 0 Å². The van der Waals surface area contributed by atoms with Crippen LogP contribution < -0.4 is 11.2 Å². The molecule has 1 aromatic carbocycles. The highest BCUT2D eigenvalue weighted by molar-refractivity contribution is 6.62. The van der Waals surface area contributed by atoms with Crippen molar-refractivity contribution in [3.63, 3.8) is 0 Å². The van der Waals surface area contributed by atoms with Gasteiger partial charge in [-0.15, -0.1) is 0 Å². The molecule has 3 heterocycles. The number of aryl methyl sites for hydroxylation is 1. The molecular weight excluding hydrogens is 441 g/mol. The maximum atomic E-state index is 13.8. The molecule has 2 aromatic heterocycles. The number of benzene rings is 1. The third-order valence-corrected chi connectivity index (χ3v) is 6.14. The van der Waals surface area contributed by atoms with E-state index >= 15 is 0 Å². The number of hydrogen-bond donors (Lipinski definition) is 0. The van der Waals surface area contributed by atoms with Crippen molar-refractivity contribution < 1.29 is 26.9 Å². The summed E-state index contributed by atoms with van der Waals surface area (Å²) in [5, 5.41) is 0. The van der Waals surface area contributed by atoms with Gasteiger partial charge in [-0.25, -0.2) is 9.18 Å². The van der Waals surface area contributed by atoms with Gasteiger partial charge in [-0.2, -0.15) is 13.2 Å². The Balaban J connectivity index is 1.82. The fraction of sp³-hybridized carbons (Fsp3) is 0.364. The standard InChI is InChI=1S/C22H22BF4N3O3/c1-20(2)21(3,4)33-23(32-20)13-8-9-28-17(10-13)18-12-29(5)19(31)30(18)14-6-7-16(24)15(11-14)22(25,26)27/h6-12H,1-5H3. The molecule has 0 amide bonds. The third-order valence-electron chi connectivity index (χ3n) is 6.14. The number of aromatic nitrogens is 3. The highest BCUT2D eigenvalue weighted by Crippen LogP contribution is 2.37. The predicted molar refractivity (Wildman–Crippen MR) is 115 cm³/mol. The van der Waals surface area contributed by atoms with Crippen molar-refractivity contribution in [2.24, 2.45) is 7.05 Å². The first-order chi connectivity index (χ1) is 15.2. The molecule has 0 atom stereocenters. The van der Waals surface area contributed by atoms with Crippen LogP contribution in [-0.4, -0.2) is 32.4 Å². The van der Waals surface area contributed by atoms with Crippen LogP contribution in [0.15, 0.2) is 47.5 Å². The summed E-state index contributed by atoms with van der Waals surface area (Å²) in [6.07, 6.45) is -1.95. The molecule has 1 aliphatic heterocycles. The lowest BCUT2D eigenvalue weighted by Gasteiger charge is -2.32. The monoisotopic (exact) mass is 463 g/mol. The molecule has 0 unspecified atom stereocenters. The van der Waals surface area contributed by atoms with Crippen molar-refractivity contribution in [3.8, 4) is 17.1 Å². The lowest BCUT2D eigenvalue weighted by atomic mass is 9.79. The van der Waals surface area contributed by atoms with E-state index < -0.39 is 41.6 Å². The van der Waals surface area contributed by atoms with E-state index in [9.17, 15) is 22.4 Å². The van der Waals surface area contributed by atoms with Crippen LogP contribution in [0, 0.1) is 5.82 Å². The lowest BCUT2D eigenvalue weighted by molar-refractivity contribution is -0.140. The van der Waals surface area contributed by atoms with Gasteiger partial charge in [-0.3, -0.25) is 9.55 Å². The summed E-state index contributed by atoms with van der Waals surface area (Å²) >= 11 is 0. The fourth-order valence-corrected chi connectivity index (χ4v) is 3.57. The Bertz CT molecular complexity index is 1260. The van der Waals surface area contributed by atoms with Crippen LogP contribution in [0.1, 0.15) is 33.3 Å². The van der Waals surface area contributed by atoms with E-state index in [1.54, 1.807) is 12.1 Å². The molecule has 11 heteroatoms. The first-order valence-corrected chi connectivity index (χ1v) is 10.2. The molecule has 0 aliphatic carbocycles. The van der Waals surface area contributed by atoms with Crippen molar-refractivity contribution in [2.45, 2.75) is 45.1 Å². The second kappa shape index (κ2) is 7.56. The number of halogens is 4. The van der Waals surface area contributed by atoms with E-state index in [1.165, 1.54) is 24.0 Å². The van der Waals surface area contributed by atoms with E-state index in [-0.39, 0.29) is 11.4 Å². The summed E-state index contributed by atoms with van der Waals surface area (Å²) in [4.78, 5) is 17.1. The summed E-state index contributed by atoms with van der Waals surface area (Å²) in [5.41, 5.74) is -2.15. The van der Waals surface area contributed by atoms with Crippen molar-refractivity contribution in [1.29, 1.82) is 0 Å². The zero-order chi connectivity index (χ0) is 24.3. The number of rotatable bonds is 3. The molecule has 6 nitrogen and oxygen atoms in total. The molecule has 174 valence electrons. The fourth-order valence-electron chi connectivity index (χ4n) is 3.57. The number of pyridine rings is 1. The van der Waals surface area contributed by atoms with Gasteiger partial charge in [0.15, 0.2) is 0 Å². The quantitative estimate of drug-likeness (QED) is 0.439. The van der Waals surface area contributed by atoms with Crippen molar-refractivity contribution in [3.05, 3.63) is 64.6 Å². The molecule has 0 spiro atoms. The van der Waals surface area contributed by atoms with Gasteiger partial charge < -0.3 is 13.9 Å². The van der Waals surface area contributed by atoms with Crippen LogP contribution in [-0.2, 0) is 22.5 Å². The summed E-state index contributed by atoms with van der Waals surface area (Å²) < 4.78 is 68.0. The average molecular weight is 463 g/mol. The molecule has 1 aliphatic rings. The molecule has 0 N–H and O–H groups in total. The lowest BCUT2D eigenvalue weighted by Crippen LogP contribution is -2.41. The Labute approximate surface area is 187 Å². The van der Waals surface area contributed by atoms with Gasteiger partial charge in [0.1, 0.15) is 5.82 Å². The minimum Gasteiger partial charge on any atom is -0.399 e. The smallest absolute Gasteiger partial charge is 0.399 e. The summed E-state index contributed by atoms with van der Waals surface area (Å²) in [6.45, 7) is 7.65. The predicted octanol–water partition coefficient (Wildman–Crippen LogP) is 3.70. The van der Waals surface area contributed by atoms with Gasteiger partial charge in [-0.05, 0) is 63.5 Å². The van der Waals surface area contributed by atoms with E-state index in [0.717, 1.165) is 10.6 Å². The summed E-state index contributed by atoms with van der Waals surface area (Å²) in [6, 6.07) is 5.78. The second-order valence-electron chi connectivity index (χ2n) is 8.97. The van der Waals surface area contributed by atoms with E-state index in [1.807, 2.05) is 27.7 Å². The molecule has 0 bridgehead atoms. The van der Waals surface area contributed by atoms with Gasteiger partial charge in [-0.1, -0.05) is 0 Å². The minimum atomic E-state index is -4.91. The second-order valence-corrected chi connectivity index (χ2v) is 8.97. The molecular formula is C22H22BF4N3O3. The molecule has 3 aromatic rings. The van der Waals surface area contributed by atoms with Crippen molar-refractivity contribution >= 4 is 12.6 Å². The maximum Gasteiger partial charge on any atom is 0.494 e. The first-order valence-electron chi connectivity index (χ1n) is 10.2. The molecule has 33 heavy (non-hydrogen) atoms. The number of nitrogens with zero attached hydrogens (tertiary/aromatic N) is 3. The van der Waals surface area contributed by atoms with Crippen LogP contribution in [0.5, 0.6) is 0 Å². The summed E-state index contributed by atoms with van der Waals surface area (Å²) in [7, 11) is 0.775. The topological polar surface area (TPSA) is 58.3 Å². The third kappa shape index (κ3) is 3.99. The van der Waals surface area contributed by atoms with Gasteiger partial charge in [0.2, 0.25) is 0 Å². The van der Waals surface area contributed by atoms with Gasteiger partial charge in [0.25, 0.3) is 0 Å². The van der Waals surface area contributed by atoms with Crippen LogP contribution >= 0.6 is 0 Å². The Morgan fingerprint density at radius 1 is 1.03 bits per heavy atom. The molecule has 0 saturated carbocycles. The Kier molecular flexibility index (Phi) is 5.33. The number of alkyl halides is 3. The van der Waals surface area contributed by atoms with Gasteiger partial charge in [0.05, 0.1) is 33.8 Å². The zero-order valence-electron chi connectivity index (χ0n) is 18.7. The van der Waals surface area contributed by atoms with Crippen molar-refractivity contribution in [1.82, 2.24) is 14.1 Å². The van der Waals surface area contributed by atoms with E-state index in [2.05, 4.69) is 4.98 Å². The molecule has 1 saturated heterocycles. The normalized spacial score (nSPS) is 17.5. The maximum absolute atomic E-state index is 13.8. The number of hydrogen-bond acceptors (Lipinski definition) is 4. The van der Waals surface area contributed by atoms with Crippen LogP contribution in [0.2, 0.25) is 0 Å². The minimum absolute atomic E-state index is 0.132. The van der Waals surface area contributed by atoms with Gasteiger partial charge >= 0.3 is 19.0 Å². The molecule has 1 fully saturated rings. The highest BCUT2D eigenvalue weighted by Gasteiger charge is 2.51. The number of imidazole rings is 1. The van der Waals surface area contributed by atoms with Crippen LogP contribution in [0.25, 0.3) is 17.1 Å². The molecule has 0 radical (unpaired) electrons. The van der Waals surface area contributed by atoms with E-state index in [0.29, 0.717) is 23.3 Å². The SMILES string of the molecule is Cn1cc(-c2cc(B3OC(C)(C)C(C)(C)O3)ccn2)n(-c2ccc(F)c(C(F)(F)F)c2)c1=O. The van der Waals surface area contributed by atoms with Gasteiger partial charge in [0, 0.05) is 19.4 Å². The Morgan fingerprint density at radius 2 is 1.67 bits per heavy atom. The average Bonchev–Trinajstić information content (AvgIpc) is 3.13. The van der Waals surface area contributed by atoms with Crippen molar-refractivity contribution in [2.75, 3.05) is 0 Å². The Hall–Kier alpha value is -2.92. The largest absolute Gasteiger partial charge is 0.494 e. The highest BCUT2D eigenvalue weighted by atomic mass is 19.4. The molecule has 4 rings (SSSR count). The summed E-state index contributed by atoms with van der Waals surface area (Å²) in [5.74, 6) is -1.42. The Morgan fingerprint density at radius 3 is 2.27 bits per heavy atom. The first kappa shape index (κ1) is 23.3. The van der Waals surface area contributed by atoms with Crippen LogP contribution in [0.4, 0.5) is 17.6 Å². The van der Waals surface area contributed by atoms with E-state index in [4.69, 9.17) is 9.31 Å².